The highest BCUT2D eigenvalue weighted by Crippen LogP contribution is 2.29. The van der Waals surface area contributed by atoms with Crippen molar-refractivity contribution in [1.82, 2.24) is 0 Å². The molecule has 0 spiro atoms. The third kappa shape index (κ3) is 2.56. The van der Waals surface area contributed by atoms with Crippen LogP contribution in [0.2, 0.25) is 0 Å². The molecule has 0 amide bonds. The van der Waals surface area contributed by atoms with Crippen LogP contribution in [0.15, 0.2) is 18.2 Å². The van der Waals surface area contributed by atoms with Gasteiger partial charge < -0.3 is 10.1 Å². The number of benzene rings is 1. The molecule has 2 heteroatoms. The molecule has 3 rings (SSSR count). The van der Waals surface area contributed by atoms with Gasteiger partial charge in [0.1, 0.15) is 5.75 Å². The number of rotatable bonds is 2. The second kappa shape index (κ2) is 4.99. The van der Waals surface area contributed by atoms with Gasteiger partial charge in [-0.1, -0.05) is 6.42 Å². The molecule has 1 saturated carbocycles. The summed E-state index contributed by atoms with van der Waals surface area (Å²) in [6.45, 7) is 1.11. The highest BCUT2D eigenvalue weighted by Gasteiger charge is 2.16. The molecule has 1 aliphatic heterocycles. The predicted octanol–water partition coefficient (Wildman–Crippen LogP) is 3.76. The minimum atomic E-state index is 0.457. The first-order valence-electron chi connectivity index (χ1n) is 6.95. The molecule has 0 unspecified atom stereocenters. The maximum atomic E-state index is 6.09. The van der Waals surface area contributed by atoms with Crippen LogP contribution >= 0.6 is 0 Å². The van der Waals surface area contributed by atoms with Crippen molar-refractivity contribution in [3.63, 3.8) is 0 Å². The highest BCUT2D eigenvalue weighted by atomic mass is 16.5. The first-order valence-corrected chi connectivity index (χ1v) is 6.95. The van der Waals surface area contributed by atoms with Crippen LogP contribution in [0.4, 0.5) is 5.69 Å². The first-order chi connectivity index (χ1) is 8.42. The zero-order chi connectivity index (χ0) is 11.5. The minimum absolute atomic E-state index is 0.457. The van der Waals surface area contributed by atoms with Gasteiger partial charge in [-0.15, -0.1) is 0 Å². The Hall–Kier alpha value is -1.18. The van der Waals surface area contributed by atoms with Crippen molar-refractivity contribution in [1.29, 1.82) is 0 Å². The van der Waals surface area contributed by atoms with Gasteiger partial charge in [-0.05, 0) is 62.3 Å². The van der Waals surface area contributed by atoms with E-state index in [0.717, 1.165) is 12.3 Å². The van der Waals surface area contributed by atoms with Crippen LogP contribution in [-0.4, -0.2) is 12.6 Å². The number of hydrogen-bond acceptors (Lipinski definition) is 2. The number of fused-ring (bicyclic) bond motifs is 1. The molecule has 1 aliphatic carbocycles. The molecule has 0 aromatic heterocycles. The van der Waals surface area contributed by atoms with Crippen LogP contribution < -0.4 is 10.1 Å². The first kappa shape index (κ1) is 10.9. The lowest BCUT2D eigenvalue weighted by molar-refractivity contribution is 0.155. The topological polar surface area (TPSA) is 21.3 Å². The van der Waals surface area contributed by atoms with Gasteiger partial charge in [0.15, 0.2) is 0 Å². The number of aryl methyl sites for hydroxylation is 1. The molecule has 2 aliphatic rings. The lowest BCUT2D eigenvalue weighted by Crippen LogP contribution is -2.20. The van der Waals surface area contributed by atoms with E-state index < -0.39 is 0 Å². The fourth-order valence-corrected chi connectivity index (χ4v) is 2.90. The molecule has 0 atom stereocenters. The summed E-state index contributed by atoms with van der Waals surface area (Å²) in [7, 11) is 0. The number of nitrogens with one attached hydrogen (secondary N) is 1. The summed E-state index contributed by atoms with van der Waals surface area (Å²) in [6.07, 6.45) is 9.38. The second-order valence-electron chi connectivity index (χ2n) is 5.23. The van der Waals surface area contributed by atoms with Crippen LogP contribution in [0.3, 0.4) is 0 Å². The summed E-state index contributed by atoms with van der Waals surface area (Å²) in [6, 6.07) is 6.52. The fraction of sp³-hybridized carbons (Fsp3) is 0.600. The van der Waals surface area contributed by atoms with E-state index in [1.54, 1.807) is 0 Å². The molecule has 1 heterocycles. The van der Waals surface area contributed by atoms with Crippen LogP contribution in [0.5, 0.6) is 5.75 Å². The predicted molar refractivity (Wildman–Crippen MR) is 70.8 cm³/mol. The molecular weight excluding hydrogens is 210 g/mol. The molecule has 17 heavy (non-hydrogen) atoms. The van der Waals surface area contributed by atoms with Gasteiger partial charge in [0.2, 0.25) is 0 Å². The van der Waals surface area contributed by atoms with E-state index in [0.29, 0.717) is 6.10 Å². The number of anilines is 1. The molecule has 1 aromatic rings. The summed E-state index contributed by atoms with van der Waals surface area (Å²) >= 11 is 0. The maximum Gasteiger partial charge on any atom is 0.120 e. The van der Waals surface area contributed by atoms with E-state index in [9.17, 15) is 0 Å². The van der Waals surface area contributed by atoms with Crippen LogP contribution in [0.25, 0.3) is 0 Å². The summed E-state index contributed by atoms with van der Waals surface area (Å²) in [5.74, 6) is 1.07. The third-order valence-corrected chi connectivity index (χ3v) is 3.87. The molecule has 0 bridgehead atoms. The van der Waals surface area contributed by atoms with Crippen molar-refractivity contribution in [2.45, 2.75) is 51.0 Å². The molecule has 1 aromatic carbocycles. The average molecular weight is 231 g/mol. The highest BCUT2D eigenvalue weighted by molar-refractivity contribution is 5.55. The Balaban J connectivity index is 1.70. The van der Waals surface area contributed by atoms with E-state index in [-0.39, 0.29) is 0 Å². The largest absolute Gasteiger partial charge is 0.490 e. The standard InChI is InChI=1S/C15H21NO/c1-2-6-13(7-3-1)17-14-8-9-15-12(11-14)5-4-10-16-15/h8-9,11,13,16H,1-7,10H2. The monoisotopic (exact) mass is 231 g/mol. The molecule has 0 radical (unpaired) electrons. The van der Waals surface area contributed by atoms with Crippen molar-refractivity contribution < 1.29 is 4.74 Å². The molecule has 92 valence electrons. The second-order valence-corrected chi connectivity index (χ2v) is 5.23. The zero-order valence-corrected chi connectivity index (χ0v) is 10.4. The Labute approximate surface area is 103 Å². The van der Waals surface area contributed by atoms with E-state index >= 15 is 0 Å². The summed E-state index contributed by atoms with van der Waals surface area (Å²) < 4.78 is 6.09. The fourth-order valence-electron chi connectivity index (χ4n) is 2.90. The normalized spacial score (nSPS) is 20.5. The smallest absolute Gasteiger partial charge is 0.120 e. The summed E-state index contributed by atoms with van der Waals surface area (Å²) in [4.78, 5) is 0. The zero-order valence-electron chi connectivity index (χ0n) is 10.4. The van der Waals surface area contributed by atoms with E-state index in [1.165, 1.54) is 56.2 Å². The number of ether oxygens (including phenoxy) is 1. The number of hydrogen-bond donors (Lipinski definition) is 1. The van der Waals surface area contributed by atoms with Gasteiger partial charge in [-0.25, -0.2) is 0 Å². The van der Waals surface area contributed by atoms with Crippen molar-refractivity contribution in [2.24, 2.45) is 0 Å². The van der Waals surface area contributed by atoms with Gasteiger partial charge in [0.05, 0.1) is 6.10 Å². The summed E-state index contributed by atoms with van der Waals surface area (Å²) in [5.41, 5.74) is 2.72. The molecule has 1 fully saturated rings. The molecule has 1 N–H and O–H groups in total. The van der Waals surface area contributed by atoms with Crippen LogP contribution in [0.1, 0.15) is 44.1 Å². The Bertz CT molecular complexity index is 383. The Morgan fingerprint density at radius 1 is 1.06 bits per heavy atom. The molecule has 0 saturated heterocycles. The van der Waals surface area contributed by atoms with Crippen molar-refractivity contribution in [2.75, 3.05) is 11.9 Å². The summed E-state index contributed by atoms with van der Waals surface area (Å²) in [5, 5.41) is 3.44. The van der Waals surface area contributed by atoms with E-state index in [2.05, 4.69) is 23.5 Å². The van der Waals surface area contributed by atoms with Crippen molar-refractivity contribution >= 4 is 5.69 Å². The van der Waals surface area contributed by atoms with E-state index in [4.69, 9.17) is 4.74 Å². The van der Waals surface area contributed by atoms with Gasteiger partial charge >= 0.3 is 0 Å². The third-order valence-electron chi connectivity index (χ3n) is 3.87. The SMILES string of the molecule is c1cc2c(cc1OC1CCCCC1)CCCN2. The van der Waals surface area contributed by atoms with Gasteiger partial charge in [-0.3, -0.25) is 0 Å². The van der Waals surface area contributed by atoms with Gasteiger partial charge in [0, 0.05) is 12.2 Å². The Morgan fingerprint density at radius 3 is 2.82 bits per heavy atom. The molecule has 2 nitrogen and oxygen atoms in total. The molecular formula is C15H21NO. The van der Waals surface area contributed by atoms with Gasteiger partial charge in [-0.2, -0.15) is 0 Å². The quantitative estimate of drug-likeness (QED) is 0.837. The van der Waals surface area contributed by atoms with Crippen LogP contribution in [-0.2, 0) is 6.42 Å². The van der Waals surface area contributed by atoms with Gasteiger partial charge in [0.25, 0.3) is 0 Å². The maximum absolute atomic E-state index is 6.09. The van der Waals surface area contributed by atoms with Crippen molar-refractivity contribution in [3.8, 4) is 5.75 Å². The van der Waals surface area contributed by atoms with Crippen LogP contribution in [0, 0.1) is 0 Å². The Morgan fingerprint density at radius 2 is 1.94 bits per heavy atom. The Kier molecular flexibility index (Phi) is 3.21. The van der Waals surface area contributed by atoms with Crippen molar-refractivity contribution in [3.05, 3.63) is 23.8 Å². The average Bonchev–Trinajstić information content (AvgIpc) is 2.40. The lowest BCUT2D eigenvalue weighted by Gasteiger charge is -2.24. The lowest BCUT2D eigenvalue weighted by atomic mass is 9.97. The minimum Gasteiger partial charge on any atom is -0.490 e. The van der Waals surface area contributed by atoms with E-state index in [1.807, 2.05) is 0 Å².